The van der Waals surface area contributed by atoms with E-state index in [1.165, 1.54) is 49.8 Å². The van der Waals surface area contributed by atoms with Crippen molar-refractivity contribution in [1.82, 2.24) is 0 Å². The van der Waals surface area contributed by atoms with Crippen LogP contribution in [-0.4, -0.2) is 13.1 Å². The summed E-state index contributed by atoms with van der Waals surface area (Å²) in [5, 5.41) is 3.04. The lowest BCUT2D eigenvalue weighted by Gasteiger charge is -2.20. The van der Waals surface area contributed by atoms with Crippen LogP contribution in [0.15, 0.2) is 30.3 Å². The summed E-state index contributed by atoms with van der Waals surface area (Å²) < 4.78 is 0. The van der Waals surface area contributed by atoms with E-state index in [9.17, 15) is 0 Å². The number of aryl methyl sites for hydroxylation is 2. The van der Waals surface area contributed by atoms with E-state index in [-0.39, 0.29) is 0 Å². The van der Waals surface area contributed by atoms with Crippen molar-refractivity contribution in [2.75, 3.05) is 18.0 Å². The monoisotopic (exact) mass is 223 g/mol. The maximum Gasteiger partial charge on any atom is 0.0446 e. The van der Waals surface area contributed by atoms with Gasteiger partial charge < -0.3 is 4.90 Å². The van der Waals surface area contributed by atoms with Gasteiger partial charge in [-0.25, -0.2) is 0 Å². The Hall–Kier alpha value is -1.50. The lowest BCUT2D eigenvalue weighted by Crippen LogP contribution is -2.17. The number of hydrogen-bond donors (Lipinski definition) is 0. The summed E-state index contributed by atoms with van der Waals surface area (Å²) in [5.74, 6) is 0. The minimum atomic E-state index is 1.23. The number of nitrogens with zero attached hydrogens (tertiary/aromatic N) is 1. The topological polar surface area (TPSA) is 3.24 Å². The summed E-state index contributed by atoms with van der Waals surface area (Å²) in [6.45, 7) is 2.47. The Kier molecular flexibility index (Phi) is 1.96. The number of hydrogen-bond acceptors (Lipinski definition) is 1. The van der Waals surface area contributed by atoms with Crippen molar-refractivity contribution < 1.29 is 0 Å². The fraction of sp³-hybridized carbons (Fsp3) is 0.375. The van der Waals surface area contributed by atoms with Crippen LogP contribution in [0.2, 0.25) is 0 Å². The molecule has 4 rings (SSSR count). The van der Waals surface area contributed by atoms with Crippen LogP contribution in [0.4, 0.5) is 5.69 Å². The highest BCUT2D eigenvalue weighted by Crippen LogP contribution is 2.37. The standard InChI is InChI=1S/C16H17N/c1-2-11-17(10-1)15-9-8-13-7-6-12-4-3-5-14(15)16(12)13/h3-5,8-9H,1-2,6-7,10-11H2. The molecule has 1 saturated heterocycles. The molecular formula is C16H17N. The fourth-order valence-corrected chi connectivity index (χ4v) is 3.47. The minimum absolute atomic E-state index is 1.23. The predicted molar refractivity (Wildman–Crippen MR) is 72.8 cm³/mol. The summed E-state index contributed by atoms with van der Waals surface area (Å²) >= 11 is 0. The molecule has 2 aromatic carbocycles. The second-order valence-corrected chi connectivity index (χ2v) is 5.28. The van der Waals surface area contributed by atoms with Crippen LogP contribution in [0, 0.1) is 0 Å². The number of benzene rings is 2. The van der Waals surface area contributed by atoms with Crippen LogP contribution in [-0.2, 0) is 12.8 Å². The van der Waals surface area contributed by atoms with E-state index < -0.39 is 0 Å². The summed E-state index contributed by atoms with van der Waals surface area (Å²) in [4.78, 5) is 2.56. The molecule has 1 aliphatic heterocycles. The van der Waals surface area contributed by atoms with Crippen molar-refractivity contribution in [1.29, 1.82) is 0 Å². The molecular weight excluding hydrogens is 206 g/mol. The van der Waals surface area contributed by atoms with Gasteiger partial charge in [0.25, 0.3) is 0 Å². The average molecular weight is 223 g/mol. The van der Waals surface area contributed by atoms with Gasteiger partial charge in [0.05, 0.1) is 0 Å². The molecule has 0 amide bonds. The van der Waals surface area contributed by atoms with Gasteiger partial charge in [-0.3, -0.25) is 0 Å². The first kappa shape index (κ1) is 9.52. The molecule has 0 bridgehead atoms. The molecule has 0 radical (unpaired) electrons. The van der Waals surface area contributed by atoms with E-state index in [4.69, 9.17) is 0 Å². The summed E-state index contributed by atoms with van der Waals surface area (Å²) in [6, 6.07) is 11.5. The normalized spacial score (nSPS) is 18.2. The number of anilines is 1. The van der Waals surface area contributed by atoms with Gasteiger partial charge in [-0.05, 0) is 48.3 Å². The number of rotatable bonds is 1. The molecule has 0 N–H and O–H groups in total. The Morgan fingerprint density at radius 1 is 0.824 bits per heavy atom. The Morgan fingerprint density at radius 2 is 1.59 bits per heavy atom. The van der Waals surface area contributed by atoms with Gasteiger partial charge in [0.15, 0.2) is 0 Å². The fourth-order valence-electron chi connectivity index (χ4n) is 3.47. The third kappa shape index (κ3) is 1.32. The van der Waals surface area contributed by atoms with Crippen LogP contribution >= 0.6 is 0 Å². The van der Waals surface area contributed by atoms with Gasteiger partial charge in [-0.2, -0.15) is 0 Å². The molecule has 1 nitrogen and oxygen atoms in total. The molecule has 1 fully saturated rings. The quantitative estimate of drug-likeness (QED) is 0.714. The van der Waals surface area contributed by atoms with E-state index >= 15 is 0 Å². The Morgan fingerprint density at radius 3 is 2.41 bits per heavy atom. The zero-order chi connectivity index (χ0) is 11.2. The van der Waals surface area contributed by atoms with Crippen molar-refractivity contribution in [3.63, 3.8) is 0 Å². The molecule has 86 valence electrons. The van der Waals surface area contributed by atoms with E-state index in [1.54, 1.807) is 16.5 Å². The highest BCUT2D eigenvalue weighted by molar-refractivity contribution is 5.99. The second-order valence-electron chi connectivity index (χ2n) is 5.28. The maximum atomic E-state index is 2.56. The zero-order valence-corrected chi connectivity index (χ0v) is 10.1. The highest BCUT2D eigenvalue weighted by Gasteiger charge is 2.19. The Bertz CT molecular complexity index is 569. The van der Waals surface area contributed by atoms with Crippen LogP contribution in [0.3, 0.4) is 0 Å². The molecule has 2 aliphatic rings. The van der Waals surface area contributed by atoms with Gasteiger partial charge in [-0.15, -0.1) is 0 Å². The van der Waals surface area contributed by atoms with E-state index in [2.05, 4.69) is 35.2 Å². The Labute approximate surface area is 102 Å². The van der Waals surface area contributed by atoms with E-state index in [0.29, 0.717) is 0 Å². The van der Waals surface area contributed by atoms with Crippen LogP contribution < -0.4 is 4.90 Å². The lowest BCUT2D eigenvalue weighted by molar-refractivity contribution is 0.949. The summed E-state index contributed by atoms with van der Waals surface area (Å²) in [6.07, 6.45) is 5.16. The zero-order valence-electron chi connectivity index (χ0n) is 10.1. The first-order valence-corrected chi connectivity index (χ1v) is 6.72. The van der Waals surface area contributed by atoms with Gasteiger partial charge >= 0.3 is 0 Å². The molecule has 0 atom stereocenters. The molecule has 1 aliphatic carbocycles. The first-order valence-electron chi connectivity index (χ1n) is 6.72. The minimum Gasteiger partial charge on any atom is -0.371 e. The first-order chi connectivity index (χ1) is 8.43. The van der Waals surface area contributed by atoms with Crippen LogP contribution in [0.25, 0.3) is 10.8 Å². The summed E-state index contributed by atoms with van der Waals surface area (Å²) in [5.41, 5.74) is 4.57. The molecule has 2 aromatic rings. The molecule has 0 aromatic heterocycles. The average Bonchev–Trinajstić information content (AvgIpc) is 3.00. The van der Waals surface area contributed by atoms with Gasteiger partial charge in [0, 0.05) is 24.2 Å². The van der Waals surface area contributed by atoms with Crippen LogP contribution in [0.5, 0.6) is 0 Å². The Balaban J connectivity index is 1.99. The summed E-state index contributed by atoms with van der Waals surface area (Å²) in [7, 11) is 0. The smallest absolute Gasteiger partial charge is 0.0446 e. The lowest BCUT2D eigenvalue weighted by atomic mass is 10.0. The SMILES string of the molecule is c1cc2c3c(ccc(N4CCCC4)c3c1)CC2. The second kappa shape index (κ2) is 3.49. The maximum absolute atomic E-state index is 2.56. The molecule has 0 saturated carbocycles. The van der Waals surface area contributed by atoms with E-state index in [1.807, 2.05) is 0 Å². The van der Waals surface area contributed by atoms with Gasteiger partial charge in [0.1, 0.15) is 0 Å². The third-order valence-electron chi connectivity index (χ3n) is 4.30. The van der Waals surface area contributed by atoms with Crippen molar-refractivity contribution in [2.24, 2.45) is 0 Å². The van der Waals surface area contributed by atoms with Crippen LogP contribution in [0.1, 0.15) is 24.0 Å². The largest absolute Gasteiger partial charge is 0.371 e. The van der Waals surface area contributed by atoms with Crippen molar-refractivity contribution in [3.8, 4) is 0 Å². The third-order valence-corrected chi connectivity index (χ3v) is 4.30. The van der Waals surface area contributed by atoms with Gasteiger partial charge in [-0.1, -0.05) is 24.3 Å². The van der Waals surface area contributed by atoms with Crippen molar-refractivity contribution >= 4 is 16.5 Å². The van der Waals surface area contributed by atoms with E-state index in [0.717, 1.165) is 0 Å². The molecule has 1 heterocycles. The highest BCUT2D eigenvalue weighted by atomic mass is 15.1. The van der Waals surface area contributed by atoms with Crippen molar-refractivity contribution in [3.05, 3.63) is 41.5 Å². The van der Waals surface area contributed by atoms with Crippen molar-refractivity contribution in [2.45, 2.75) is 25.7 Å². The molecule has 0 unspecified atom stereocenters. The predicted octanol–water partition coefficient (Wildman–Crippen LogP) is 3.54. The molecule has 1 heteroatoms. The van der Waals surface area contributed by atoms with Gasteiger partial charge in [0.2, 0.25) is 0 Å². The molecule has 17 heavy (non-hydrogen) atoms. The molecule has 0 spiro atoms.